The molecule has 1 rings (SSSR count). The topological polar surface area (TPSA) is 54.9 Å². The minimum atomic E-state index is -4.35. The van der Waals surface area contributed by atoms with Crippen molar-refractivity contribution in [1.29, 1.82) is 0 Å². The number of nitrogens with one attached hydrogen (secondary N) is 2. The molecule has 136 valence electrons. The molecule has 0 aromatic heterocycles. The Hall–Kier alpha value is -1.96. The summed E-state index contributed by atoms with van der Waals surface area (Å²) >= 11 is 0. The molecule has 24 heavy (non-hydrogen) atoms. The predicted octanol–water partition coefficient (Wildman–Crippen LogP) is 2.72. The van der Waals surface area contributed by atoms with Gasteiger partial charge in [-0.2, -0.15) is 13.2 Å². The first kappa shape index (κ1) is 20.1. The maximum atomic E-state index is 12.2. The number of alkyl halides is 3. The number of hydrogen-bond donors (Lipinski definition) is 2. The van der Waals surface area contributed by atoms with Gasteiger partial charge in [0, 0.05) is 19.7 Å². The van der Waals surface area contributed by atoms with Crippen LogP contribution in [0.1, 0.15) is 19.4 Å². The van der Waals surface area contributed by atoms with Crippen molar-refractivity contribution in [3.63, 3.8) is 0 Å². The molecular formula is C16H24F3N3O2. The van der Waals surface area contributed by atoms with Crippen LogP contribution in [0, 0.1) is 0 Å². The van der Waals surface area contributed by atoms with E-state index in [4.69, 9.17) is 9.47 Å². The summed E-state index contributed by atoms with van der Waals surface area (Å²) in [5, 5.41) is 6.21. The highest BCUT2D eigenvalue weighted by Crippen LogP contribution is 2.19. The quantitative estimate of drug-likeness (QED) is 0.410. The Morgan fingerprint density at radius 1 is 1.21 bits per heavy atom. The van der Waals surface area contributed by atoms with E-state index in [9.17, 15) is 13.2 Å². The zero-order valence-corrected chi connectivity index (χ0v) is 13.9. The molecular weight excluding hydrogens is 323 g/mol. The van der Waals surface area contributed by atoms with Gasteiger partial charge in [0.05, 0.1) is 13.2 Å². The van der Waals surface area contributed by atoms with Crippen molar-refractivity contribution in [2.75, 3.05) is 32.9 Å². The Morgan fingerprint density at radius 2 is 2.00 bits per heavy atom. The second-order valence-electron chi connectivity index (χ2n) is 4.87. The summed E-state index contributed by atoms with van der Waals surface area (Å²) in [6, 6.07) is 6.48. The normalized spacial score (nSPS) is 12.1. The first-order valence-corrected chi connectivity index (χ1v) is 7.83. The minimum Gasteiger partial charge on any atom is -0.484 e. The Kier molecular flexibility index (Phi) is 8.99. The Balaban J connectivity index is 2.58. The molecule has 0 amide bonds. The lowest BCUT2D eigenvalue weighted by atomic mass is 10.2. The second-order valence-corrected chi connectivity index (χ2v) is 4.87. The van der Waals surface area contributed by atoms with E-state index in [0.717, 1.165) is 5.56 Å². The van der Waals surface area contributed by atoms with Crippen molar-refractivity contribution in [3.05, 3.63) is 29.8 Å². The van der Waals surface area contributed by atoms with E-state index in [1.54, 1.807) is 18.2 Å². The lowest BCUT2D eigenvalue weighted by Gasteiger charge is -2.12. The Bertz CT molecular complexity index is 508. The van der Waals surface area contributed by atoms with E-state index < -0.39 is 12.8 Å². The fraction of sp³-hybridized carbons (Fsp3) is 0.562. The third-order valence-corrected chi connectivity index (χ3v) is 2.81. The van der Waals surface area contributed by atoms with Gasteiger partial charge in [0.1, 0.15) is 5.75 Å². The molecule has 1 aromatic carbocycles. The van der Waals surface area contributed by atoms with Gasteiger partial charge in [-0.1, -0.05) is 12.1 Å². The van der Waals surface area contributed by atoms with Gasteiger partial charge in [0.2, 0.25) is 0 Å². The number of guanidine groups is 1. The molecule has 0 saturated heterocycles. The number of halogens is 3. The van der Waals surface area contributed by atoms with Crippen molar-refractivity contribution >= 4 is 5.96 Å². The summed E-state index contributed by atoms with van der Waals surface area (Å²) in [5.41, 5.74) is 0.761. The van der Waals surface area contributed by atoms with E-state index in [0.29, 0.717) is 38.8 Å². The van der Waals surface area contributed by atoms with Gasteiger partial charge in [-0.15, -0.1) is 0 Å². The summed E-state index contributed by atoms with van der Waals surface area (Å²) < 4.78 is 46.5. The van der Waals surface area contributed by atoms with Crippen LogP contribution in [0.5, 0.6) is 5.75 Å². The van der Waals surface area contributed by atoms with Crippen LogP contribution < -0.4 is 15.4 Å². The van der Waals surface area contributed by atoms with Crippen LogP contribution in [0.3, 0.4) is 0 Å². The molecule has 0 aliphatic heterocycles. The lowest BCUT2D eigenvalue weighted by molar-refractivity contribution is -0.153. The number of aliphatic imine (C=N–C) groups is 1. The van der Waals surface area contributed by atoms with E-state index in [2.05, 4.69) is 15.6 Å². The Labute approximate surface area is 140 Å². The molecule has 0 atom stereocenters. The van der Waals surface area contributed by atoms with Crippen LogP contribution in [0.2, 0.25) is 0 Å². The summed E-state index contributed by atoms with van der Waals surface area (Å²) in [6.07, 6.45) is -4.35. The number of hydrogen-bond acceptors (Lipinski definition) is 3. The van der Waals surface area contributed by atoms with E-state index >= 15 is 0 Å². The van der Waals surface area contributed by atoms with Crippen molar-refractivity contribution in [2.45, 2.75) is 26.6 Å². The van der Waals surface area contributed by atoms with Crippen molar-refractivity contribution in [2.24, 2.45) is 4.99 Å². The molecule has 0 spiro atoms. The van der Waals surface area contributed by atoms with Gasteiger partial charge in [0.15, 0.2) is 12.6 Å². The monoisotopic (exact) mass is 347 g/mol. The van der Waals surface area contributed by atoms with Crippen LogP contribution in [0.15, 0.2) is 29.3 Å². The fourth-order valence-electron chi connectivity index (χ4n) is 1.80. The van der Waals surface area contributed by atoms with E-state index in [1.807, 2.05) is 13.8 Å². The molecule has 2 N–H and O–H groups in total. The van der Waals surface area contributed by atoms with Crippen LogP contribution >= 0.6 is 0 Å². The number of ether oxygens (including phenoxy) is 2. The maximum Gasteiger partial charge on any atom is 0.422 e. The molecule has 0 radical (unpaired) electrons. The van der Waals surface area contributed by atoms with Crippen molar-refractivity contribution in [3.8, 4) is 5.75 Å². The average molecular weight is 347 g/mol. The fourth-order valence-corrected chi connectivity index (χ4v) is 1.80. The van der Waals surface area contributed by atoms with E-state index in [-0.39, 0.29) is 5.75 Å². The van der Waals surface area contributed by atoms with Crippen LogP contribution in [-0.2, 0) is 11.3 Å². The summed E-state index contributed by atoms with van der Waals surface area (Å²) in [5.74, 6) is 0.799. The molecule has 0 aliphatic carbocycles. The van der Waals surface area contributed by atoms with Gasteiger partial charge < -0.3 is 20.1 Å². The van der Waals surface area contributed by atoms with Gasteiger partial charge in [-0.05, 0) is 31.5 Å². The van der Waals surface area contributed by atoms with Gasteiger partial charge in [-0.25, -0.2) is 4.99 Å². The third kappa shape index (κ3) is 9.24. The first-order chi connectivity index (χ1) is 11.4. The minimum absolute atomic E-state index is 0.175. The summed E-state index contributed by atoms with van der Waals surface area (Å²) in [4.78, 5) is 4.39. The molecule has 0 fully saturated rings. The van der Waals surface area contributed by atoms with Gasteiger partial charge in [-0.3, -0.25) is 0 Å². The molecule has 5 nitrogen and oxygen atoms in total. The predicted molar refractivity (Wildman–Crippen MR) is 87.3 cm³/mol. The standard InChI is InChI=1S/C16H24F3N3O2/c1-3-20-15(21-8-9-23-4-2)22-11-13-6-5-7-14(10-13)24-12-16(17,18)19/h5-7,10H,3-4,8-9,11-12H2,1-2H3,(H2,20,21,22). The summed E-state index contributed by atoms with van der Waals surface area (Å²) in [6.45, 7) is 5.44. The highest BCUT2D eigenvalue weighted by Gasteiger charge is 2.28. The molecule has 0 unspecified atom stereocenters. The average Bonchev–Trinajstić information content (AvgIpc) is 2.54. The number of rotatable bonds is 9. The lowest BCUT2D eigenvalue weighted by Crippen LogP contribution is -2.39. The smallest absolute Gasteiger partial charge is 0.422 e. The molecule has 1 aromatic rings. The SMILES string of the molecule is CCNC(=NCc1cccc(OCC(F)(F)F)c1)NCCOCC. The largest absolute Gasteiger partial charge is 0.484 e. The zero-order valence-electron chi connectivity index (χ0n) is 13.9. The number of nitrogens with zero attached hydrogens (tertiary/aromatic N) is 1. The molecule has 0 bridgehead atoms. The molecule has 8 heteroatoms. The summed E-state index contributed by atoms with van der Waals surface area (Å²) in [7, 11) is 0. The van der Waals surface area contributed by atoms with Gasteiger partial charge in [0.25, 0.3) is 0 Å². The van der Waals surface area contributed by atoms with Crippen LogP contribution in [0.25, 0.3) is 0 Å². The highest BCUT2D eigenvalue weighted by molar-refractivity contribution is 5.79. The molecule has 0 aliphatic rings. The Morgan fingerprint density at radius 3 is 2.67 bits per heavy atom. The van der Waals surface area contributed by atoms with Crippen molar-refractivity contribution < 1.29 is 22.6 Å². The number of benzene rings is 1. The first-order valence-electron chi connectivity index (χ1n) is 7.83. The highest BCUT2D eigenvalue weighted by atomic mass is 19.4. The van der Waals surface area contributed by atoms with Gasteiger partial charge >= 0.3 is 6.18 Å². The third-order valence-electron chi connectivity index (χ3n) is 2.81. The zero-order chi connectivity index (χ0) is 17.8. The van der Waals surface area contributed by atoms with E-state index in [1.165, 1.54) is 6.07 Å². The molecule has 0 saturated carbocycles. The van der Waals surface area contributed by atoms with Crippen LogP contribution in [0.4, 0.5) is 13.2 Å². The maximum absolute atomic E-state index is 12.2. The molecule has 0 heterocycles. The second kappa shape index (κ2) is 10.7. The van der Waals surface area contributed by atoms with Crippen LogP contribution in [-0.4, -0.2) is 45.0 Å². The van der Waals surface area contributed by atoms with Crippen molar-refractivity contribution in [1.82, 2.24) is 10.6 Å².